The highest BCUT2D eigenvalue weighted by atomic mass is 32.1. The van der Waals surface area contributed by atoms with E-state index in [1.165, 1.54) is 36.6 Å². The van der Waals surface area contributed by atoms with Crippen LogP contribution in [-0.4, -0.2) is 48.6 Å². The quantitative estimate of drug-likeness (QED) is 0.609. The van der Waals surface area contributed by atoms with E-state index in [-0.39, 0.29) is 6.04 Å². The maximum absolute atomic E-state index is 5.80. The number of nitrogens with zero attached hydrogens (tertiary/aromatic N) is 2. The summed E-state index contributed by atoms with van der Waals surface area (Å²) in [5, 5.41) is 2.16. The van der Waals surface area contributed by atoms with Crippen molar-refractivity contribution in [1.29, 1.82) is 0 Å². The summed E-state index contributed by atoms with van der Waals surface area (Å²) in [6, 6.07) is 3.00. The Balaban J connectivity index is 1.84. The number of hydrazine groups is 1. The van der Waals surface area contributed by atoms with Gasteiger partial charge in [0, 0.05) is 43.6 Å². The zero-order valence-corrected chi connectivity index (χ0v) is 11.0. The minimum absolute atomic E-state index is 0.268. The normalized spacial score (nSPS) is 33.9. The van der Waals surface area contributed by atoms with Crippen LogP contribution in [0.3, 0.4) is 0 Å². The lowest BCUT2D eigenvalue weighted by Gasteiger charge is -2.50. The topological polar surface area (TPSA) is 44.5 Å². The van der Waals surface area contributed by atoms with Crippen LogP contribution in [0.4, 0.5) is 0 Å². The zero-order valence-electron chi connectivity index (χ0n) is 10.2. The third kappa shape index (κ3) is 2.02. The third-order valence-electron chi connectivity index (χ3n) is 4.12. The first-order chi connectivity index (χ1) is 8.29. The summed E-state index contributed by atoms with van der Waals surface area (Å²) in [7, 11) is 0. The summed E-state index contributed by atoms with van der Waals surface area (Å²) in [5.41, 5.74) is 4.41. The van der Waals surface area contributed by atoms with Crippen LogP contribution < -0.4 is 11.3 Å². The molecule has 0 saturated carbocycles. The fraction of sp³-hybridized carbons (Fsp3) is 0.667. The second kappa shape index (κ2) is 4.66. The highest BCUT2D eigenvalue weighted by Crippen LogP contribution is 2.30. The average molecular weight is 252 g/mol. The van der Waals surface area contributed by atoms with Crippen molar-refractivity contribution in [2.24, 2.45) is 5.84 Å². The van der Waals surface area contributed by atoms with Crippen LogP contribution in [0.5, 0.6) is 0 Å². The van der Waals surface area contributed by atoms with Crippen molar-refractivity contribution < 1.29 is 0 Å². The number of aryl methyl sites for hydroxylation is 1. The molecule has 3 aliphatic rings. The molecule has 1 aromatic heterocycles. The Kier molecular flexibility index (Phi) is 3.19. The van der Waals surface area contributed by atoms with E-state index in [1.54, 1.807) is 11.3 Å². The number of rotatable bonds is 3. The highest BCUT2D eigenvalue weighted by molar-refractivity contribution is 7.10. The van der Waals surface area contributed by atoms with Gasteiger partial charge in [-0.05, 0) is 23.9 Å². The van der Waals surface area contributed by atoms with E-state index >= 15 is 0 Å². The van der Waals surface area contributed by atoms with E-state index < -0.39 is 0 Å². The van der Waals surface area contributed by atoms with Crippen molar-refractivity contribution in [1.82, 2.24) is 15.2 Å². The van der Waals surface area contributed by atoms with Crippen LogP contribution in [0.2, 0.25) is 0 Å². The summed E-state index contributed by atoms with van der Waals surface area (Å²) in [4.78, 5) is 6.52. The summed E-state index contributed by atoms with van der Waals surface area (Å²) in [6.45, 7) is 8.13. The minimum Gasteiger partial charge on any atom is -0.299 e. The number of nitrogens with one attached hydrogen (secondary N) is 1. The van der Waals surface area contributed by atoms with Gasteiger partial charge in [0.2, 0.25) is 0 Å². The van der Waals surface area contributed by atoms with Crippen molar-refractivity contribution in [3.8, 4) is 0 Å². The number of nitrogens with two attached hydrogens (primary N) is 1. The first-order valence-corrected chi connectivity index (χ1v) is 7.14. The monoisotopic (exact) mass is 252 g/mol. The summed E-state index contributed by atoms with van der Waals surface area (Å²) >= 11 is 1.80. The number of hydrogen-bond acceptors (Lipinski definition) is 5. The van der Waals surface area contributed by atoms with Gasteiger partial charge in [-0.15, -0.1) is 11.3 Å². The van der Waals surface area contributed by atoms with E-state index in [4.69, 9.17) is 5.84 Å². The molecule has 2 unspecified atom stereocenters. The van der Waals surface area contributed by atoms with Gasteiger partial charge in [0.1, 0.15) is 0 Å². The molecule has 0 spiro atoms. The van der Waals surface area contributed by atoms with E-state index in [9.17, 15) is 0 Å². The molecular weight excluding hydrogens is 232 g/mol. The molecule has 2 bridgehead atoms. The van der Waals surface area contributed by atoms with E-state index in [2.05, 4.69) is 33.6 Å². The molecule has 5 heteroatoms. The Bertz CT molecular complexity index is 384. The molecule has 94 valence electrons. The lowest BCUT2D eigenvalue weighted by atomic mass is 9.95. The molecule has 4 heterocycles. The van der Waals surface area contributed by atoms with Crippen molar-refractivity contribution >= 4 is 11.3 Å². The molecule has 3 N–H and O–H groups in total. The van der Waals surface area contributed by atoms with Crippen LogP contribution in [0, 0.1) is 6.92 Å². The maximum atomic E-state index is 5.80. The molecule has 3 saturated heterocycles. The van der Waals surface area contributed by atoms with Gasteiger partial charge in [-0.1, -0.05) is 0 Å². The predicted octanol–water partition coefficient (Wildman–Crippen LogP) is 0.561. The van der Waals surface area contributed by atoms with Crippen LogP contribution in [-0.2, 0) is 0 Å². The molecule has 1 aromatic rings. The zero-order chi connectivity index (χ0) is 11.8. The van der Waals surface area contributed by atoms with Gasteiger partial charge in [-0.2, -0.15) is 0 Å². The molecule has 4 rings (SSSR count). The van der Waals surface area contributed by atoms with Gasteiger partial charge < -0.3 is 0 Å². The Morgan fingerprint density at radius 3 is 2.65 bits per heavy atom. The lowest BCUT2D eigenvalue weighted by molar-refractivity contribution is -0.00371. The van der Waals surface area contributed by atoms with Crippen molar-refractivity contribution in [3.63, 3.8) is 0 Å². The average Bonchev–Trinajstić information content (AvgIpc) is 2.79. The Labute approximate surface area is 106 Å². The van der Waals surface area contributed by atoms with Gasteiger partial charge in [0.05, 0.1) is 6.04 Å². The first-order valence-electron chi connectivity index (χ1n) is 6.26. The fourth-order valence-corrected chi connectivity index (χ4v) is 3.85. The number of piperazine rings is 3. The SMILES string of the molecule is Cc1sccc1C(NN)C1CN2CCN1CC2. The second-order valence-electron chi connectivity index (χ2n) is 4.98. The van der Waals surface area contributed by atoms with E-state index in [0.717, 1.165) is 6.54 Å². The standard InChI is InChI=1S/C12H20N4S/c1-9-10(2-7-17-9)12(14-13)11-8-15-3-5-16(11)6-4-15/h2,7,11-12,14H,3-6,8,13H2,1H3. The second-order valence-corrected chi connectivity index (χ2v) is 6.10. The van der Waals surface area contributed by atoms with Crippen molar-refractivity contribution in [2.45, 2.75) is 19.0 Å². The van der Waals surface area contributed by atoms with Gasteiger partial charge in [-0.25, -0.2) is 0 Å². The maximum Gasteiger partial charge on any atom is 0.0638 e. The summed E-state index contributed by atoms with van der Waals surface area (Å²) in [5.74, 6) is 5.80. The molecule has 3 fully saturated rings. The third-order valence-corrected chi connectivity index (χ3v) is 4.98. The van der Waals surface area contributed by atoms with Crippen LogP contribution in [0.1, 0.15) is 16.5 Å². The number of thiophene rings is 1. The number of hydrogen-bond donors (Lipinski definition) is 2. The molecule has 0 aliphatic carbocycles. The summed E-state index contributed by atoms with van der Waals surface area (Å²) < 4.78 is 0. The Hall–Kier alpha value is -0.460. The number of fused-ring (bicyclic) bond motifs is 3. The molecule has 0 radical (unpaired) electrons. The molecular formula is C12H20N4S. The molecule has 2 atom stereocenters. The molecule has 17 heavy (non-hydrogen) atoms. The van der Waals surface area contributed by atoms with Gasteiger partial charge in [0.15, 0.2) is 0 Å². The van der Waals surface area contributed by atoms with Crippen LogP contribution in [0.15, 0.2) is 11.4 Å². The lowest BCUT2D eigenvalue weighted by Crippen LogP contribution is -2.64. The molecule has 0 amide bonds. The van der Waals surface area contributed by atoms with E-state index in [0.29, 0.717) is 6.04 Å². The molecule has 3 aliphatic heterocycles. The fourth-order valence-electron chi connectivity index (χ4n) is 3.10. The Morgan fingerprint density at radius 2 is 2.18 bits per heavy atom. The largest absolute Gasteiger partial charge is 0.299 e. The van der Waals surface area contributed by atoms with Gasteiger partial charge in [0.25, 0.3) is 0 Å². The highest BCUT2D eigenvalue weighted by Gasteiger charge is 2.37. The minimum atomic E-state index is 0.268. The predicted molar refractivity (Wildman–Crippen MR) is 70.9 cm³/mol. The summed E-state index contributed by atoms with van der Waals surface area (Å²) in [6.07, 6.45) is 0. The molecule has 4 nitrogen and oxygen atoms in total. The van der Waals surface area contributed by atoms with E-state index in [1.807, 2.05) is 0 Å². The first kappa shape index (κ1) is 11.6. The van der Waals surface area contributed by atoms with Crippen LogP contribution >= 0.6 is 11.3 Å². The van der Waals surface area contributed by atoms with Crippen molar-refractivity contribution in [3.05, 3.63) is 21.9 Å². The molecule has 0 aromatic carbocycles. The smallest absolute Gasteiger partial charge is 0.0638 e. The van der Waals surface area contributed by atoms with Crippen molar-refractivity contribution in [2.75, 3.05) is 32.7 Å². The Morgan fingerprint density at radius 1 is 1.41 bits per heavy atom. The van der Waals surface area contributed by atoms with Gasteiger partial charge in [-0.3, -0.25) is 21.1 Å². The van der Waals surface area contributed by atoms with Gasteiger partial charge >= 0.3 is 0 Å². The van der Waals surface area contributed by atoms with Crippen LogP contribution in [0.25, 0.3) is 0 Å².